The molecule has 2 amide bonds. The van der Waals surface area contributed by atoms with Crippen LogP contribution in [-0.4, -0.2) is 114 Å². The Morgan fingerprint density at radius 2 is 1.63 bits per heavy atom. The zero-order valence-corrected chi connectivity index (χ0v) is 25.6. The first-order chi connectivity index (χ1) is 19.8. The maximum absolute atomic E-state index is 13.6. The van der Waals surface area contributed by atoms with Crippen LogP contribution in [0.3, 0.4) is 0 Å². The van der Waals surface area contributed by atoms with Gasteiger partial charge in [-0.15, -0.1) is 0 Å². The van der Waals surface area contributed by atoms with Crippen molar-refractivity contribution in [3.8, 4) is 0 Å². The lowest BCUT2D eigenvalue weighted by Crippen LogP contribution is -2.55. The van der Waals surface area contributed by atoms with E-state index in [1.54, 1.807) is 6.92 Å². The number of ether oxygens (including phenoxy) is 3. The van der Waals surface area contributed by atoms with Gasteiger partial charge in [-0.1, -0.05) is 0 Å². The second-order valence-electron chi connectivity index (χ2n) is 12.2. The number of aliphatic carboxylic acids is 1. The topological polar surface area (TPSA) is 160 Å². The number of sulfonamides is 1. The number of carboxylic acid groups (broad SMARTS) is 1. The van der Waals surface area contributed by atoms with Gasteiger partial charge in [0.25, 0.3) is 0 Å². The molecular weight excluding hydrogens is 603 g/mol. The van der Waals surface area contributed by atoms with Gasteiger partial charge in [-0.3, -0.25) is 14.6 Å². The Morgan fingerprint density at radius 1 is 0.977 bits per heavy atom. The van der Waals surface area contributed by atoms with Crippen LogP contribution in [0.25, 0.3) is 0 Å². The summed E-state index contributed by atoms with van der Waals surface area (Å²) in [6.07, 6.45) is -0.847. The van der Waals surface area contributed by atoms with Crippen molar-refractivity contribution in [3.05, 3.63) is 0 Å². The number of alkyl halides is 3. The lowest BCUT2D eigenvalue weighted by molar-refractivity contribution is -0.152. The normalized spacial score (nSPS) is 28.5. The zero-order chi connectivity index (χ0) is 32.5. The van der Waals surface area contributed by atoms with Crippen molar-refractivity contribution < 1.29 is 60.1 Å². The number of methoxy groups -OCH3 is 1. The number of fused-ring (bicyclic) bond motifs is 1. The van der Waals surface area contributed by atoms with Crippen molar-refractivity contribution in [2.24, 2.45) is 17.8 Å². The molecule has 0 radical (unpaired) electrons. The van der Waals surface area contributed by atoms with E-state index < -0.39 is 76.3 Å². The lowest BCUT2D eigenvalue weighted by Gasteiger charge is -2.46. The number of rotatable bonds is 7. The van der Waals surface area contributed by atoms with Gasteiger partial charge in [0.1, 0.15) is 17.7 Å². The minimum absolute atomic E-state index is 0.0281. The predicted molar refractivity (Wildman–Crippen MR) is 143 cm³/mol. The summed E-state index contributed by atoms with van der Waals surface area (Å²) < 4.78 is 80.5. The molecule has 0 bridgehead atoms. The van der Waals surface area contributed by atoms with Crippen LogP contribution in [0.2, 0.25) is 0 Å². The van der Waals surface area contributed by atoms with E-state index in [0.29, 0.717) is 25.7 Å². The number of carboxylic acids is 1. The fraction of sp³-hybridized carbons (Fsp3) is 0.846. The standard InChI is InChI=1S/C26H40F3N3O10S/c1-6-41-22(35)20-10-17-9-15(7-8-16(17)13-31(20)23(36)40-5)12-30-14-18(11-19(30)21(33)34)32(24(37)42-25(2,3)4)43(38,39)26(27,28)29/h15-20H,6-14H2,1-5H3,(H,33,34). The molecule has 3 fully saturated rings. The van der Waals surface area contributed by atoms with Crippen molar-refractivity contribution in [2.45, 2.75) is 89.0 Å². The number of nitrogens with zero attached hydrogens (tertiary/aromatic N) is 3. The monoisotopic (exact) mass is 643 g/mol. The Morgan fingerprint density at radius 3 is 2.16 bits per heavy atom. The quantitative estimate of drug-likeness (QED) is 0.321. The molecule has 17 heteroatoms. The first-order valence-electron chi connectivity index (χ1n) is 14.1. The number of piperidine rings is 1. The van der Waals surface area contributed by atoms with Crippen molar-refractivity contribution in [2.75, 3.05) is 33.4 Å². The number of halogens is 3. The Labute approximate surface area is 248 Å². The highest BCUT2D eigenvalue weighted by Crippen LogP contribution is 2.43. The molecule has 3 aliphatic rings. The average molecular weight is 644 g/mol. The van der Waals surface area contributed by atoms with E-state index in [1.807, 2.05) is 0 Å². The second-order valence-corrected chi connectivity index (χ2v) is 14.1. The summed E-state index contributed by atoms with van der Waals surface area (Å²) in [7, 11) is -4.97. The number of carbonyl (C=O) groups is 4. The summed E-state index contributed by atoms with van der Waals surface area (Å²) in [6.45, 7) is 5.83. The van der Waals surface area contributed by atoms with Crippen LogP contribution in [0, 0.1) is 17.8 Å². The van der Waals surface area contributed by atoms with Crippen LogP contribution in [0.4, 0.5) is 22.8 Å². The second kappa shape index (κ2) is 13.0. The summed E-state index contributed by atoms with van der Waals surface area (Å²) in [5.41, 5.74) is -7.13. The number of amides is 2. The molecule has 6 unspecified atom stereocenters. The summed E-state index contributed by atoms with van der Waals surface area (Å²) in [4.78, 5) is 52.7. The van der Waals surface area contributed by atoms with E-state index in [1.165, 1.54) is 37.7 Å². The third-order valence-electron chi connectivity index (χ3n) is 8.17. The van der Waals surface area contributed by atoms with Crippen LogP contribution in [-0.2, 0) is 33.8 Å². The molecule has 1 N–H and O–H groups in total. The minimum atomic E-state index is -6.20. The molecule has 2 aliphatic heterocycles. The number of hydrogen-bond donors (Lipinski definition) is 1. The van der Waals surface area contributed by atoms with E-state index in [0.717, 1.165) is 0 Å². The number of hydrogen-bond acceptors (Lipinski definition) is 10. The minimum Gasteiger partial charge on any atom is -0.480 e. The van der Waals surface area contributed by atoms with Crippen LogP contribution in [0.5, 0.6) is 0 Å². The Hall–Kier alpha value is -2.82. The molecule has 3 rings (SSSR count). The molecular formula is C26H40F3N3O10S. The van der Waals surface area contributed by atoms with Gasteiger partial charge in [0.05, 0.1) is 19.8 Å². The molecule has 6 atom stereocenters. The summed E-state index contributed by atoms with van der Waals surface area (Å²) >= 11 is 0. The molecule has 1 aliphatic carbocycles. The van der Waals surface area contributed by atoms with Crippen LogP contribution in [0.15, 0.2) is 0 Å². The average Bonchev–Trinajstić information content (AvgIpc) is 3.28. The lowest BCUT2D eigenvalue weighted by atomic mass is 9.69. The molecule has 0 aromatic carbocycles. The van der Waals surface area contributed by atoms with E-state index in [9.17, 15) is 45.9 Å². The number of esters is 1. The van der Waals surface area contributed by atoms with Gasteiger partial charge >= 0.3 is 39.7 Å². The molecule has 2 heterocycles. The highest BCUT2D eigenvalue weighted by molar-refractivity contribution is 7.90. The molecule has 246 valence electrons. The van der Waals surface area contributed by atoms with Gasteiger partial charge in [-0.05, 0) is 77.6 Å². The van der Waals surface area contributed by atoms with Crippen LogP contribution < -0.4 is 0 Å². The molecule has 0 spiro atoms. The number of carbonyl (C=O) groups excluding carboxylic acids is 3. The molecule has 2 saturated heterocycles. The van der Waals surface area contributed by atoms with E-state index >= 15 is 0 Å². The van der Waals surface area contributed by atoms with Crippen molar-refractivity contribution >= 4 is 34.1 Å². The van der Waals surface area contributed by atoms with Gasteiger partial charge in [0.2, 0.25) is 0 Å². The zero-order valence-electron chi connectivity index (χ0n) is 24.8. The highest BCUT2D eigenvalue weighted by Gasteiger charge is 2.57. The fourth-order valence-electron chi connectivity index (χ4n) is 6.40. The Balaban J connectivity index is 1.80. The number of likely N-dealkylation sites (tertiary alicyclic amines) is 2. The highest BCUT2D eigenvalue weighted by atomic mass is 32.2. The van der Waals surface area contributed by atoms with Gasteiger partial charge in [0, 0.05) is 19.6 Å². The largest absolute Gasteiger partial charge is 0.516 e. The molecule has 0 aromatic heterocycles. The third-order valence-corrected chi connectivity index (χ3v) is 9.72. The molecule has 43 heavy (non-hydrogen) atoms. The van der Waals surface area contributed by atoms with E-state index in [2.05, 4.69) is 0 Å². The van der Waals surface area contributed by atoms with Gasteiger partial charge in [0.15, 0.2) is 0 Å². The van der Waals surface area contributed by atoms with Crippen molar-refractivity contribution in [3.63, 3.8) is 0 Å². The smallest absolute Gasteiger partial charge is 0.480 e. The molecule has 1 saturated carbocycles. The SMILES string of the molecule is CCOC(=O)C1CC2CC(CN3CC(N(C(=O)OC(C)(C)C)S(=O)(=O)C(F)(F)F)CC3C(=O)O)CCC2CN1C(=O)OC. The first-order valence-corrected chi connectivity index (χ1v) is 15.6. The fourth-order valence-corrected chi connectivity index (χ4v) is 7.40. The summed E-state index contributed by atoms with van der Waals surface area (Å²) in [6, 6.07) is -3.83. The maximum Gasteiger partial charge on any atom is 0.516 e. The van der Waals surface area contributed by atoms with Crippen LogP contribution in [0.1, 0.15) is 59.8 Å². The Bertz CT molecular complexity index is 1180. The van der Waals surface area contributed by atoms with Gasteiger partial charge in [-0.25, -0.2) is 14.4 Å². The van der Waals surface area contributed by atoms with Gasteiger partial charge in [-0.2, -0.15) is 25.9 Å². The maximum atomic E-state index is 13.6. The van der Waals surface area contributed by atoms with Gasteiger partial charge < -0.3 is 19.3 Å². The Kier molecular flexibility index (Phi) is 10.5. The van der Waals surface area contributed by atoms with Crippen molar-refractivity contribution in [1.29, 1.82) is 0 Å². The summed E-state index contributed by atoms with van der Waals surface area (Å²) in [5.74, 6) is -2.04. The molecule has 0 aromatic rings. The van der Waals surface area contributed by atoms with Crippen molar-refractivity contribution in [1.82, 2.24) is 14.1 Å². The van der Waals surface area contributed by atoms with E-state index in [-0.39, 0.29) is 41.8 Å². The summed E-state index contributed by atoms with van der Waals surface area (Å²) in [5, 5.41) is 9.89. The predicted octanol–water partition coefficient (Wildman–Crippen LogP) is 3.04. The molecule has 13 nitrogen and oxygen atoms in total. The van der Waals surface area contributed by atoms with E-state index in [4.69, 9.17) is 14.2 Å². The third kappa shape index (κ3) is 7.83. The first kappa shape index (κ1) is 34.7. The van der Waals surface area contributed by atoms with Crippen LogP contribution >= 0.6 is 0 Å².